The van der Waals surface area contributed by atoms with E-state index in [9.17, 15) is 0 Å². The molecule has 0 saturated heterocycles. The lowest BCUT2D eigenvalue weighted by atomic mass is 10.0. The smallest absolute Gasteiger partial charge is 0.0863 e. The lowest BCUT2D eigenvalue weighted by Crippen LogP contribution is -1.98. The molecule has 0 aromatic heterocycles. The van der Waals surface area contributed by atoms with Crippen molar-refractivity contribution in [3.05, 3.63) is 53.1 Å². The minimum Gasteiger partial charge on any atom is -0.353 e. The summed E-state index contributed by atoms with van der Waals surface area (Å²) in [6, 6.07) is 12.8. The summed E-state index contributed by atoms with van der Waals surface area (Å²) in [4.78, 5) is 4.59. The maximum atomic E-state index is 4.59. The van der Waals surface area contributed by atoms with Gasteiger partial charge in [-0.05, 0) is 49.9 Å². The topological polar surface area (TPSA) is 24.4 Å². The molecular formula is C17H18N2. The fourth-order valence-corrected chi connectivity index (χ4v) is 2.49. The highest BCUT2D eigenvalue weighted by Crippen LogP contribution is 2.33. The third-order valence-electron chi connectivity index (χ3n) is 3.54. The van der Waals surface area contributed by atoms with Crippen LogP contribution in [0.4, 0.5) is 17.1 Å². The number of rotatable bonds is 0. The van der Waals surface area contributed by atoms with Crippen LogP contribution in [0.5, 0.6) is 0 Å². The molecule has 96 valence electrons. The van der Waals surface area contributed by atoms with E-state index < -0.39 is 0 Å². The Labute approximate surface area is 114 Å². The lowest BCUT2D eigenvalue weighted by molar-refractivity contribution is 1.05. The number of nitrogens with zero attached hydrogens (tertiary/aromatic N) is 1. The van der Waals surface area contributed by atoms with Crippen molar-refractivity contribution in [3.63, 3.8) is 0 Å². The molecule has 2 aromatic carbocycles. The van der Waals surface area contributed by atoms with Gasteiger partial charge in [-0.25, -0.2) is 0 Å². The van der Waals surface area contributed by atoms with Gasteiger partial charge in [0.2, 0.25) is 0 Å². The maximum absolute atomic E-state index is 4.59. The quantitative estimate of drug-likeness (QED) is 0.720. The molecule has 0 spiro atoms. The zero-order valence-electron chi connectivity index (χ0n) is 11.4. The Morgan fingerprint density at radius 1 is 1.11 bits per heavy atom. The van der Waals surface area contributed by atoms with Crippen LogP contribution < -0.4 is 5.32 Å². The van der Waals surface area contributed by atoms with E-state index in [4.69, 9.17) is 0 Å². The summed E-state index contributed by atoms with van der Waals surface area (Å²) in [7, 11) is 0. The average Bonchev–Trinajstić information content (AvgIpc) is 2.48. The maximum Gasteiger partial charge on any atom is 0.0863 e. The van der Waals surface area contributed by atoms with Gasteiger partial charge in [-0.15, -0.1) is 0 Å². The number of hydrogen-bond donors (Lipinski definition) is 1. The Hall–Kier alpha value is -2.09. The van der Waals surface area contributed by atoms with Gasteiger partial charge >= 0.3 is 0 Å². The van der Waals surface area contributed by atoms with Crippen LogP contribution in [0.2, 0.25) is 0 Å². The SMILES string of the molecule is Cc1ccc2c(c1)CCC=Nc1cccc(C)c1N2. The zero-order valence-corrected chi connectivity index (χ0v) is 11.4. The summed E-state index contributed by atoms with van der Waals surface area (Å²) in [5.74, 6) is 0. The summed E-state index contributed by atoms with van der Waals surface area (Å²) in [6.07, 6.45) is 4.03. The Kier molecular flexibility index (Phi) is 3.08. The molecule has 2 aromatic rings. The van der Waals surface area contributed by atoms with E-state index in [1.807, 2.05) is 6.21 Å². The van der Waals surface area contributed by atoms with E-state index in [-0.39, 0.29) is 0 Å². The van der Waals surface area contributed by atoms with Gasteiger partial charge in [-0.1, -0.05) is 29.8 Å². The van der Waals surface area contributed by atoms with Gasteiger partial charge in [-0.3, -0.25) is 4.99 Å². The molecule has 1 heterocycles. The Morgan fingerprint density at radius 2 is 2.00 bits per heavy atom. The van der Waals surface area contributed by atoms with Crippen molar-refractivity contribution in [1.82, 2.24) is 0 Å². The molecule has 0 unspecified atom stereocenters. The van der Waals surface area contributed by atoms with Gasteiger partial charge in [0, 0.05) is 11.9 Å². The third kappa shape index (κ3) is 2.39. The van der Waals surface area contributed by atoms with E-state index in [0.29, 0.717) is 0 Å². The Bertz CT molecular complexity index is 642. The standard InChI is InChI=1S/C17H18N2/c1-12-8-9-15-14(11-12)6-4-10-18-16-7-3-5-13(2)17(16)19-15/h3,5,7-11,19H,4,6H2,1-2H3. The number of aryl methyl sites for hydroxylation is 3. The van der Waals surface area contributed by atoms with Crippen molar-refractivity contribution in [1.29, 1.82) is 0 Å². The molecule has 1 aliphatic heterocycles. The lowest BCUT2D eigenvalue weighted by Gasteiger charge is -2.15. The Morgan fingerprint density at radius 3 is 2.89 bits per heavy atom. The van der Waals surface area contributed by atoms with E-state index in [1.165, 1.54) is 22.4 Å². The van der Waals surface area contributed by atoms with Crippen molar-refractivity contribution in [2.24, 2.45) is 4.99 Å². The van der Waals surface area contributed by atoms with Crippen LogP contribution in [0, 0.1) is 13.8 Å². The first-order valence-corrected chi connectivity index (χ1v) is 6.73. The molecule has 19 heavy (non-hydrogen) atoms. The van der Waals surface area contributed by atoms with E-state index >= 15 is 0 Å². The first-order valence-electron chi connectivity index (χ1n) is 6.73. The second-order valence-corrected chi connectivity index (χ2v) is 5.10. The van der Waals surface area contributed by atoms with Crippen molar-refractivity contribution < 1.29 is 0 Å². The molecule has 0 fully saturated rings. The summed E-state index contributed by atoms with van der Waals surface area (Å²) >= 11 is 0. The van der Waals surface area contributed by atoms with Crippen LogP contribution in [0.25, 0.3) is 0 Å². The monoisotopic (exact) mass is 250 g/mol. The van der Waals surface area contributed by atoms with Crippen molar-refractivity contribution >= 4 is 23.3 Å². The molecule has 1 aliphatic rings. The van der Waals surface area contributed by atoms with E-state index in [1.54, 1.807) is 0 Å². The molecule has 0 amide bonds. The first-order chi connectivity index (χ1) is 9.24. The van der Waals surface area contributed by atoms with Crippen molar-refractivity contribution in [2.45, 2.75) is 26.7 Å². The summed E-state index contributed by atoms with van der Waals surface area (Å²) in [5, 5.41) is 3.56. The number of hydrogen-bond acceptors (Lipinski definition) is 2. The van der Waals surface area contributed by atoms with Gasteiger partial charge in [0.1, 0.15) is 0 Å². The number of para-hydroxylation sites is 1. The van der Waals surface area contributed by atoms with Crippen LogP contribution in [-0.4, -0.2) is 6.21 Å². The minimum absolute atomic E-state index is 0.978. The van der Waals surface area contributed by atoms with Gasteiger partial charge in [0.05, 0.1) is 11.4 Å². The zero-order chi connectivity index (χ0) is 13.2. The first kappa shape index (κ1) is 12.0. The molecule has 0 radical (unpaired) electrons. The van der Waals surface area contributed by atoms with Crippen LogP contribution in [0.15, 0.2) is 41.4 Å². The van der Waals surface area contributed by atoms with E-state index in [0.717, 1.165) is 24.2 Å². The third-order valence-corrected chi connectivity index (χ3v) is 3.54. The number of anilines is 2. The molecule has 0 atom stereocenters. The fraction of sp³-hybridized carbons (Fsp3) is 0.235. The number of fused-ring (bicyclic) bond motifs is 2. The second kappa shape index (κ2) is 4.88. The molecule has 0 aliphatic carbocycles. The fourth-order valence-electron chi connectivity index (χ4n) is 2.49. The number of benzene rings is 2. The van der Waals surface area contributed by atoms with Crippen LogP contribution in [-0.2, 0) is 6.42 Å². The Balaban J connectivity index is 2.14. The van der Waals surface area contributed by atoms with Gasteiger partial charge < -0.3 is 5.32 Å². The summed E-state index contributed by atoms with van der Waals surface area (Å²) in [5.41, 5.74) is 7.23. The predicted octanol–water partition coefficient (Wildman–Crippen LogP) is 4.70. The van der Waals surface area contributed by atoms with E-state index in [2.05, 4.69) is 60.6 Å². The highest BCUT2D eigenvalue weighted by atomic mass is 14.9. The molecule has 0 saturated carbocycles. The minimum atomic E-state index is 0.978. The molecule has 0 bridgehead atoms. The summed E-state index contributed by atoms with van der Waals surface area (Å²) < 4.78 is 0. The number of nitrogens with one attached hydrogen (secondary N) is 1. The molecule has 2 nitrogen and oxygen atoms in total. The largest absolute Gasteiger partial charge is 0.353 e. The average molecular weight is 250 g/mol. The van der Waals surface area contributed by atoms with Gasteiger partial charge in [-0.2, -0.15) is 0 Å². The molecule has 1 N–H and O–H groups in total. The van der Waals surface area contributed by atoms with Crippen molar-refractivity contribution in [3.8, 4) is 0 Å². The van der Waals surface area contributed by atoms with Crippen molar-refractivity contribution in [2.75, 3.05) is 5.32 Å². The normalized spacial score (nSPS) is 13.6. The number of aliphatic imine (C=N–C) groups is 1. The highest BCUT2D eigenvalue weighted by Gasteiger charge is 2.10. The molecule has 2 heteroatoms. The molecular weight excluding hydrogens is 232 g/mol. The molecule has 3 rings (SSSR count). The van der Waals surface area contributed by atoms with Crippen LogP contribution >= 0.6 is 0 Å². The van der Waals surface area contributed by atoms with Gasteiger partial charge in [0.15, 0.2) is 0 Å². The summed E-state index contributed by atoms with van der Waals surface area (Å²) in [6.45, 7) is 4.26. The van der Waals surface area contributed by atoms with Crippen LogP contribution in [0.3, 0.4) is 0 Å². The second-order valence-electron chi connectivity index (χ2n) is 5.10. The van der Waals surface area contributed by atoms with Gasteiger partial charge in [0.25, 0.3) is 0 Å². The van der Waals surface area contributed by atoms with Crippen LogP contribution in [0.1, 0.15) is 23.1 Å². The highest BCUT2D eigenvalue weighted by molar-refractivity contribution is 5.80. The predicted molar refractivity (Wildman–Crippen MR) is 82.1 cm³/mol.